The van der Waals surface area contributed by atoms with Crippen LogP contribution in [0.25, 0.3) is 10.2 Å². The number of aryl methyl sites for hydroxylation is 1. The van der Waals surface area contributed by atoms with Crippen molar-refractivity contribution in [3.8, 4) is 5.75 Å². The lowest BCUT2D eigenvalue weighted by Gasteiger charge is -2.07. The lowest BCUT2D eigenvalue weighted by Crippen LogP contribution is -2.25. The van der Waals surface area contributed by atoms with Gasteiger partial charge in [-0.3, -0.25) is 4.79 Å². The van der Waals surface area contributed by atoms with Crippen molar-refractivity contribution in [3.05, 3.63) is 27.4 Å². The maximum Gasteiger partial charge on any atom is 0.347 e. The van der Waals surface area contributed by atoms with E-state index in [0.717, 1.165) is 0 Å². The number of aromatic hydroxyl groups is 1. The summed E-state index contributed by atoms with van der Waals surface area (Å²) in [5.41, 5.74) is -0.248. The van der Waals surface area contributed by atoms with Crippen LogP contribution in [-0.2, 0) is 11.8 Å². The van der Waals surface area contributed by atoms with Crippen molar-refractivity contribution in [2.45, 2.75) is 6.92 Å². The predicted molar refractivity (Wildman–Crippen MR) is 64.7 cm³/mol. The third-order valence-electron chi connectivity index (χ3n) is 2.46. The van der Waals surface area contributed by atoms with Crippen LogP contribution in [0, 0.1) is 0 Å². The quantitative estimate of drug-likeness (QED) is 0.823. The molecule has 0 radical (unpaired) electrons. The van der Waals surface area contributed by atoms with Crippen molar-refractivity contribution >= 4 is 27.5 Å². The minimum absolute atomic E-state index is 0.157. The first-order valence-electron chi connectivity index (χ1n) is 5.04. The van der Waals surface area contributed by atoms with Gasteiger partial charge in [0.2, 0.25) is 0 Å². The fourth-order valence-corrected chi connectivity index (χ4v) is 2.50. The van der Waals surface area contributed by atoms with Crippen LogP contribution in [0.5, 0.6) is 5.75 Å². The molecule has 0 aliphatic carbocycles. The van der Waals surface area contributed by atoms with Gasteiger partial charge in [0.1, 0.15) is 0 Å². The van der Waals surface area contributed by atoms with Crippen molar-refractivity contribution in [3.63, 3.8) is 0 Å². The van der Waals surface area contributed by atoms with Gasteiger partial charge in [0.25, 0.3) is 5.56 Å². The van der Waals surface area contributed by atoms with E-state index < -0.39 is 11.5 Å². The molecule has 0 bridgehead atoms. The maximum atomic E-state index is 11.9. The van der Waals surface area contributed by atoms with E-state index in [1.54, 1.807) is 25.4 Å². The van der Waals surface area contributed by atoms with E-state index >= 15 is 0 Å². The Kier molecular flexibility index (Phi) is 2.89. The number of carbonyl (C=O) groups excluding carboxylic acids is 1. The number of esters is 1. The number of aromatic nitrogens is 1. The molecule has 2 heterocycles. The van der Waals surface area contributed by atoms with Crippen molar-refractivity contribution in [2.75, 3.05) is 6.61 Å². The number of pyridine rings is 1. The summed E-state index contributed by atoms with van der Waals surface area (Å²) >= 11 is 1.27. The first kappa shape index (κ1) is 11.7. The first-order valence-corrected chi connectivity index (χ1v) is 5.92. The Morgan fingerprint density at radius 2 is 2.29 bits per heavy atom. The van der Waals surface area contributed by atoms with Crippen molar-refractivity contribution < 1.29 is 14.6 Å². The SMILES string of the molecule is CCOC(=O)c1c(O)c2sccc2n(C)c1=O. The van der Waals surface area contributed by atoms with Gasteiger partial charge in [0.05, 0.1) is 16.8 Å². The molecule has 0 atom stereocenters. The average Bonchev–Trinajstić information content (AvgIpc) is 2.76. The van der Waals surface area contributed by atoms with Crippen LogP contribution in [0.3, 0.4) is 0 Å². The molecule has 0 saturated heterocycles. The summed E-state index contributed by atoms with van der Waals surface area (Å²) < 4.78 is 6.60. The van der Waals surface area contributed by atoms with E-state index in [0.29, 0.717) is 10.2 Å². The Morgan fingerprint density at radius 3 is 2.94 bits per heavy atom. The molecular weight excluding hydrogens is 242 g/mol. The standard InChI is InChI=1S/C11H11NO4S/c1-3-16-11(15)7-8(13)9-6(4-5-17-9)12(2)10(7)14/h4-5,13H,3H2,1-2H3. The Labute approximate surface area is 101 Å². The van der Waals surface area contributed by atoms with E-state index in [4.69, 9.17) is 4.74 Å². The Balaban J connectivity index is 2.79. The number of carbonyl (C=O) groups is 1. The molecule has 2 rings (SSSR count). The molecule has 0 fully saturated rings. The number of hydrogen-bond donors (Lipinski definition) is 1. The number of nitrogens with zero attached hydrogens (tertiary/aromatic N) is 1. The lowest BCUT2D eigenvalue weighted by atomic mass is 10.2. The molecule has 0 aliphatic rings. The molecular formula is C11H11NO4S. The van der Waals surface area contributed by atoms with Gasteiger partial charge in [-0.15, -0.1) is 11.3 Å². The second-order valence-electron chi connectivity index (χ2n) is 3.44. The summed E-state index contributed by atoms with van der Waals surface area (Å²) in [4.78, 5) is 23.5. The van der Waals surface area contributed by atoms with Crippen LogP contribution in [0.15, 0.2) is 16.2 Å². The van der Waals surface area contributed by atoms with Gasteiger partial charge in [-0.25, -0.2) is 4.79 Å². The highest BCUT2D eigenvalue weighted by atomic mass is 32.1. The fraction of sp³-hybridized carbons (Fsp3) is 0.273. The van der Waals surface area contributed by atoms with Crippen molar-refractivity contribution in [1.82, 2.24) is 4.57 Å². The van der Waals surface area contributed by atoms with E-state index in [2.05, 4.69) is 0 Å². The summed E-state index contributed by atoms with van der Waals surface area (Å²) in [6.07, 6.45) is 0. The van der Waals surface area contributed by atoms with E-state index in [9.17, 15) is 14.7 Å². The normalized spacial score (nSPS) is 10.7. The molecule has 2 aromatic heterocycles. The van der Waals surface area contributed by atoms with E-state index in [1.165, 1.54) is 15.9 Å². The zero-order valence-corrected chi connectivity index (χ0v) is 10.2. The van der Waals surface area contributed by atoms with Gasteiger partial charge in [-0.1, -0.05) is 0 Å². The fourth-order valence-electron chi connectivity index (χ4n) is 1.62. The molecule has 0 aromatic carbocycles. The molecule has 1 N–H and O–H groups in total. The molecule has 17 heavy (non-hydrogen) atoms. The molecule has 5 nitrogen and oxygen atoms in total. The Morgan fingerprint density at radius 1 is 1.59 bits per heavy atom. The van der Waals surface area contributed by atoms with Crippen LogP contribution in [0.4, 0.5) is 0 Å². The van der Waals surface area contributed by atoms with E-state index in [1.807, 2.05) is 0 Å². The van der Waals surface area contributed by atoms with Crippen LogP contribution in [0.1, 0.15) is 17.3 Å². The second-order valence-corrected chi connectivity index (χ2v) is 4.36. The third-order valence-corrected chi connectivity index (χ3v) is 3.37. The molecule has 0 amide bonds. The largest absolute Gasteiger partial charge is 0.505 e. The highest BCUT2D eigenvalue weighted by Gasteiger charge is 2.22. The zero-order valence-electron chi connectivity index (χ0n) is 9.39. The van der Waals surface area contributed by atoms with Gasteiger partial charge in [-0.05, 0) is 18.4 Å². The third kappa shape index (κ3) is 1.70. The lowest BCUT2D eigenvalue weighted by molar-refractivity contribution is 0.0520. The number of hydrogen-bond acceptors (Lipinski definition) is 5. The van der Waals surface area contributed by atoms with Crippen molar-refractivity contribution in [1.29, 1.82) is 0 Å². The highest BCUT2D eigenvalue weighted by Crippen LogP contribution is 2.30. The van der Waals surface area contributed by atoms with Crippen molar-refractivity contribution in [2.24, 2.45) is 7.05 Å². The van der Waals surface area contributed by atoms with Gasteiger partial charge in [0.15, 0.2) is 11.3 Å². The van der Waals surface area contributed by atoms with E-state index in [-0.39, 0.29) is 17.9 Å². The van der Waals surface area contributed by atoms with Crippen LogP contribution < -0.4 is 5.56 Å². The van der Waals surface area contributed by atoms with Gasteiger partial charge >= 0.3 is 5.97 Å². The molecule has 6 heteroatoms. The molecule has 0 saturated carbocycles. The number of thiophene rings is 1. The average molecular weight is 253 g/mol. The topological polar surface area (TPSA) is 68.5 Å². The second kappa shape index (κ2) is 4.21. The Bertz CT molecular complexity index is 641. The molecule has 0 aliphatic heterocycles. The molecule has 90 valence electrons. The maximum absolute atomic E-state index is 11.9. The van der Waals surface area contributed by atoms with Gasteiger partial charge in [0, 0.05) is 7.05 Å². The summed E-state index contributed by atoms with van der Waals surface area (Å²) in [6.45, 7) is 1.80. The van der Waals surface area contributed by atoms with Gasteiger partial charge in [-0.2, -0.15) is 0 Å². The van der Waals surface area contributed by atoms with Crippen LogP contribution >= 0.6 is 11.3 Å². The number of fused-ring (bicyclic) bond motifs is 1. The molecule has 0 unspecified atom stereocenters. The van der Waals surface area contributed by atoms with Crippen LogP contribution in [-0.4, -0.2) is 22.2 Å². The Hall–Kier alpha value is -1.82. The summed E-state index contributed by atoms with van der Waals surface area (Å²) in [5, 5.41) is 11.7. The predicted octanol–water partition coefficient (Wildman–Crippen LogP) is 1.48. The molecule has 2 aromatic rings. The van der Waals surface area contributed by atoms with Gasteiger partial charge < -0.3 is 14.4 Å². The molecule has 0 spiro atoms. The summed E-state index contributed by atoms with van der Waals surface area (Å²) in [6, 6.07) is 1.72. The highest BCUT2D eigenvalue weighted by molar-refractivity contribution is 7.17. The smallest absolute Gasteiger partial charge is 0.347 e. The minimum atomic E-state index is -0.791. The number of ether oxygens (including phenoxy) is 1. The summed E-state index contributed by atoms with van der Waals surface area (Å²) in [5.74, 6) is -1.09. The minimum Gasteiger partial charge on any atom is -0.505 e. The monoisotopic (exact) mass is 253 g/mol. The zero-order chi connectivity index (χ0) is 12.6. The number of rotatable bonds is 2. The summed E-state index contributed by atoms with van der Waals surface area (Å²) in [7, 11) is 1.56. The first-order chi connectivity index (χ1) is 8.07. The van der Waals surface area contributed by atoms with Crippen LogP contribution in [0.2, 0.25) is 0 Å².